The number of hydrogen-bond donors (Lipinski definition) is 1. The minimum Gasteiger partial charge on any atom is -0.497 e. The van der Waals surface area contributed by atoms with Crippen LogP contribution in [0.3, 0.4) is 0 Å². The van der Waals surface area contributed by atoms with E-state index in [0.29, 0.717) is 11.5 Å². The van der Waals surface area contributed by atoms with E-state index < -0.39 is 0 Å². The van der Waals surface area contributed by atoms with E-state index in [-0.39, 0.29) is 12.5 Å². The molecular weight excluding hydrogens is 484 g/mol. The summed E-state index contributed by atoms with van der Waals surface area (Å²) in [6.07, 6.45) is 3.94. The maximum absolute atomic E-state index is 12.5. The van der Waals surface area contributed by atoms with Gasteiger partial charge < -0.3 is 19.5 Å². The van der Waals surface area contributed by atoms with Crippen LogP contribution in [0.5, 0.6) is 17.2 Å². The molecule has 3 aromatic carbocycles. The van der Waals surface area contributed by atoms with Crippen LogP contribution in [0, 0.1) is 20.8 Å². The summed E-state index contributed by atoms with van der Waals surface area (Å²) in [7, 11) is 3.23. The summed E-state index contributed by atoms with van der Waals surface area (Å²) >= 11 is 1.57. The SMILES string of the molecule is COc1ccc(-c2csc(C=Cc3ccc(OCC(=O)Nc4c(C)cc(C)cc4C)c(OC)c3)n2)cc1. The second-order valence-corrected chi connectivity index (χ2v) is 9.54. The molecule has 4 aromatic rings. The molecule has 190 valence electrons. The van der Waals surface area contributed by atoms with Crippen LogP contribution in [-0.4, -0.2) is 31.7 Å². The predicted molar refractivity (Wildman–Crippen MR) is 151 cm³/mol. The number of aryl methyl sites for hydroxylation is 3. The van der Waals surface area contributed by atoms with Gasteiger partial charge in [-0.05, 0) is 79.9 Å². The lowest BCUT2D eigenvalue weighted by molar-refractivity contribution is -0.118. The van der Waals surface area contributed by atoms with Crippen molar-refractivity contribution in [1.29, 1.82) is 0 Å². The van der Waals surface area contributed by atoms with Gasteiger partial charge in [0.05, 0.1) is 19.9 Å². The zero-order valence-electron chi connectivity index (χ0n) is 21.6. The lowest BCUT2D eigenvalue weighted by atomic mass is 10.1. The lowest BCUT2D eigenvalue weighted by Crippen LogP contribution is -2.21. The summed E-state index contributed by atoms with van der Waals surface area (Å²) in [5.41, 5.74) is 6.92. The molecule has 1 aromatic heterocycles. The van der Waals surface area contributed by atoms with Crippen molar-refractivity contribution in [2.75, 3.05) is 26.1 Å². The molecule has 0 radical (unpaired) electrons. The van der Waals surface area contributed by atoms with Gasteiger partial charge in [-0.3, -0.25) is 4.79 Å². The molecule has 0 spiro atoms. The van der Waals surface area contributed by atoms with E-state index in [4.69, 9.17) is 19.2 Å². The highest BCUT2D eigenvalue weighted by molar-refractivity contribution is 7.10. The molecule has 0 aliphatic heterocycles. The molecule has 0 aliphatic carbocycles. The van der Waals surface area contributed by atoms with Crippen LogP contribution in [0.1, 0.15) is 27.3 Å². The van der Waals surface area contributed by atoms with E-state index in [1.165, 1.54) is 0 Å². The Morgan fingerprint density at radius 1 is 0.919 bits per heavy atom. The number of ether oxygens (including phenoxy) is 3. The largest absolute Gasteiger partial charge is 0.497 e. The first-order valence-corrected chi connectivity index (χ1v) is 12.7. The summed E-state index contributed by atoms with van der Waals surface area (Å²) < 4.78 is 16.5. The van der Waals surface area contributed by atoms with Crippen molar-refractivity contribution in [3.05, 3.63) is 87.2 Å². The van der Waals surface area contributed by atoms with Gasteiger partial charge in [0.15, 0.2) is 18.1 Å². The molecule has 0 aliphatic rings. The molecule has 0 unspecified atom stereocenters. The molecule has 4 rings (SSSR count). The number of nitrogens with zero attached hydrogens (tertiary/aromatic N) is 1. The lowest BCUT2D eigenvalue weighted by Gasteiger charge is -2.14. The molecule has 1 heterocycles. The van der Waals surface area contributed by atoms with Crippen molar-refractivity contribution in [3.8, 4) is 28.5 Å². The van der Waals surface area contributed by atoms with Crippen molar-refractivity contribution in [2.45, 2.75) is 20.8 Å². The minimum absolute atomic E-state index is 0.119. The Morgan fingerprint density at radius 3 is 2.32 bits per heavy atom. The van der Waals surface area contributed by atoms with Gasteiger partial charge in [0.2, 0.25) is 0 Å². The molecule has 7 heteroatoms. The van der Waals surface area contributed by atoms with Gasteiger partial charge in [0.1, 0.15) is 10.8 Å². The van der Waals surface area contributed by atoms with Gasteiger partial charge in [-0.25, -0.2) is 4.98 Å². The summed E-state index contributed by atoms with van der Waals surface area (Å²) in [6.45, 7) is 5.89. The Bertz CT molecular complexity index is 1400. The maximum atomic E-state index is 12.5. The zero-order valence-corrected chi connectivity index (χ0v) is 22.4. The van der Waals surface area contributed by atoms with Crippen LogP contribution in [-0.2, 0) is 4.79 Å². The predicted octanol–water partition coefficient (Wildman–Crippen LogP) is 6.94. The minimum atomic E-state index is -0.225. The molecule has 0 saturated carbocycles. The molecule has 1 N–H and O–H groups in total. The standard InChI is InChI=1S/C30H30N2O4S/c1-19-14-20(2)30(21(3)15-19)32-28(33)17-36-26-12-6-22(16-27(26)35-5)7-13-29-31-25(18-37-29)23-8-10-24(34-4)11-9-23/h6-16,18H,17H2,1-5H3,(H,32,33). The van der Waals surface area contributed by atoms with E-state index in [0.717, 1.165) is 50.0 Å². The van der Waals surface area contributed by atoms with Crippen LogP contribution in [0.25, 0.3) is 23.4 Å². The van der Waals surface area contributed by atoms with Crippen molar-refractivity contribution < 1.29 is 19.0 Å². The highest BCUT2D eigenvalue weighted by Gasteiger charge is 2.11. The number of amides is 1. The van der Waals surface area contributed by atoms with Gasteiger partial charge >= 0.3 is 0 Å². The normalized spacial score (nSPS) is 10.9. The second-order valence-electron chi connectivity index (χ2n) is 8.65. The number of thiazole rings is 1. The maximum Gasteiger partial charge on any atom is 0.262 e. The summed E-state index contributed by atoms with van der Waals surface area (Å²) in [5.74, 6) is 1.65. The van der Waals surface area contributed by atoms with Crippen LogP contribution in [0.2, 0.25) is 0 Å². The first-order valence-electron chi connectivity index (χ1n) is 11.8. The number of benzene rings is 3. The van der Waals surface area contributed by atoms with E-state index in [1.807, 2.05) is 86.8 Å². The summed E-state index contributed by atoms with van der Waals surface area (Å²) in [6, 6.07) is 17.5. The van der Waals surface area contributed by atoms with E-state index in [1.54, 1.807) is 31.6 Å². The van der Waals surface area contributed by atoms with Crippen molar-refractivity contribution in [1.82, 2.24) is 4.98 Å². The number of carbonyl (C=O) groups is 1. The first-order chi connectivity index (χ1) is 17.9. The quantitative estimate of drug-likeness (QED) is 0.262. The molecule has 0 saturated heterocycles. The molecular formula is C30H30N2O4S. The topological polar surface area (TPSA) is 69.7 Å². The van der Waals surface area contributed by atoms with Gasteiger partial charge in [0.25, 0.3) is 5.91 Å². The monoisotopic (exact) mass is 514 g/mol. The van der Waals surface area contributed by atoms with E-state index in [2.05, 4.69) is 5.32 Å². The Hall–Kier alpha value is -4.10. The third-order valence-corrected chi connectivity index (χ3v) is 6.62. The third-order valence-electron chi connectivity index (χ3n) is 5.81. The first kappa shape index (κ1) is 26.0. The Kier molecular flexibility index (Phi) is 8.25. The summed E-state index contributed by atoms with van der Waals surface area (Å²) in [5, 5.41) is 5.88. The van der Waals surface area contributed by atoms with Crippen LogP contribution >= 0.6 is 11.3 Å². The molecule has 0 fully saturated rings. The van der Waals surface area contributed by atoms with Gasteiger partial charge in [-0.1, -0.05) is 29.8 Å². The van der Waals surface area contributed by atoms with Crippen molar-refractivity contribution >= 4 is 35.1 Å². The number of anilines is 1. The number of carbonyl (C=O) groups excluding carboxylic acids is 1. The number of hydrogen-bond acceptors (Lipinski definition) is 6. The van der Waals surface area contributed by atoms with Crippen molar-refractivity contribution in [3.63, 3.8) is 0 Å². The highest BCUT2D eigenvalue weighted by atomic mass is 32.1. The molecule has 1 amide bonds. The highest BCUT2D eigenvalue weighted by Crippen LogP contribution is 2.30. The number of methoxy groups -OCH3 is 2. The Balaban J connectivity index is 1.39. The third kappa shape index (κ3) is 6.57. The van der Waals surface area contributed by atoms with Crippen molar-refractivity contribution in [2.24, 2.45) is 0 Å². The van der Waals surface area contributed by atoms with Gasteiger partial charge in [-0.2, -0.15) is 0 Å². The molecule has 0 bridgehead atoms. The average Bonchev–Trinajstić information content (AvgIpc) is 3.37. The molecule has 0 atom stereocenters. The molecule has 37 heavy (non-hydrogen) atoms. The fourth-order valence-electron chi connectivity index (χ4n) is 4.03. The Morgan fingerprint density at radius 2 is 1.65 bits per heavy atom. The number of nitrogens with one attached hydrogen (secondary N) is 1. The molecule has 6 nitrogen and oxygen atoms in total. The summed E-state index contributed by atoms with van der Waals surface area (Å²) in [4.78, 5) is 17.2. The van der Waals surface area contributed by atoms with E-state index >= 15 is 0 Å². The van der Waals surface area contributed by atoms with Crippen LogP contribution in [0.15, 0.2) is 60.0 Å². The van der Waals surface area contributed by atoms with Gasteiger partial charge in [0, 0.05) is 16.6 Å². The zero-order chi connectivity index (χ0) is 26.4. The smallest absolute Gasteiger partial charge is 0.262 e. The van der Waals surface area contributed by atoms with E-state index in [9.17, 15) is 4.79 Å². The van der Waals surface area contributed by atoms with Gasteiger partial charge in [-0.15, -0.1) is 11.3 Å². The fourth-order valence-corrected chi connectivity index (χ4v) is 4.75. The van der Waals surface area contributed by atoms with Crippen LogP contribution in [0.4, 0.5) is 5.69 Å². The fraction of sp³-hybridized carbons (Fsp3) is 0.200. The van der Waals surface area contributed by atoms with Crippen LogP contribution < -0.4 is 19.5 Å². The number of rotatable bonds is 9. The Labute approximate surface area is 221 Å². The second kappa shape index (κ2) is 11.8. The number of aromatic nitrogens is 1. The average molecular weight is 515 g/mol.